The first-order chi connectivity index (χ1) is 14.2. The van der Waals surface area contributed by atoms with E-state index in [1.54, 1.807) is 18.6 Å². The van der Waals surface area contributed by atoms with Gasteiger partial charge in [0.1, 0.15) is 5.82 Å². The summed E-state index contributed by atoms with van der Waals surface area (Å²) in [5.41, 5.74) is 2.16. The number of nitrogens with zero attached hydrogens (tertiary/aromatic N) is 4. The average Bonchev–Trinajstić information content (AvgIpc) is 2.88. The second-order valence-corrected chi connectivity index (χ2v) is 8.36. The number of carbonyl (C=O) groups excluding carboxylic acids is 1. The number of benzene rings is 1. The van der Waals surface area contributed by atoms with E-state index in [2.05, 4.69) is 43.3 Å². The van der Waals surface area contributed by atoms with Crippen LogP contribution in [-0.4, -0.2) is 64.7 Å². The second-order valence-electron chi connectivity index (χ2n) is 8.36. The zero-order valence-corrected chi connectivity index (χ0v) is 16.5. The predicted molar refractivity (Wildman–Crippen MR) is 110 cm³/mol. The van der Waals surface area contributed by atoms with Crippen LogP contribution in [0, 0.1) is 0 Å². The van der Waals surface area contributed by atoms with Crippen molar-refractivity contribution in [3.8, 4) is 0 Å². The highest BCUT2D eigenvalue weighted by molar-refractivity contribution is 5.78. The van der Waals surface area contributed by atoms with E-state index < -0.39 is 6.10 Å². The molecule has 2 aromatic rings. The summed E-state index contributed by atoms with van der Waals surface area (Å²) >= 11 is 0. The molecule has 0 unspecified atom stereocenters. The summed E-state index contributed by atoms with van der Waals surface area (Å²) in [6.07, 6.45) is 7.32. The molecule has 2 N–H and O–H groups in total. The van der Waals surface area contributed by atoms with Gasteiger partial charge >= 0.3 is 0 Å². The number of aliphatic hydroxyl groups excluding tert-OH is 1. The van der Waals surface area contributed by atoms with E-state index in [1.807, 2.05) is 6.07 Å². The Bertz CT molecular complexity index is 882. The Morgan fingerprint density at radius 2 is 1.97 bits per heavy atom. The molecule has 29 heavy (non-hydrogen) atoms. The maximum absolute atomic E-state index is 12.2. The summed E-state index contributed by atoms with van der Waals surface area (Å²) < 4.78 is 0. The van der Waals surface area contributed by atoms with Crippen LogP contribution in [0.25, 0.3) is 0 Å². The molecule has 7 heteroatoms. The van der Waals surface area contributed by atoms with Crippen molar-refractivity contribution in [2.24, 2.45) is 0 Å². The van der Waals surface area contributed by atoms with Crippen molar-refractivity contribution in [1.29, 1.82) is 0 Å². The molecule has 2 aliphatic heterocycles. The molecule has 1 amide bonds. The minimum atomic E-state index is -0.519. The highest BCUT2D eigenvalue weighted by atomic mass is 16.3. The Hall–Kier alpha value is -2.51. The van der Waals surface area contributed by atoms with Crippen LogP contribution in [0.5, 0.6) is 0 Å². The summed E-state index contributed by atoms with van der Waals surface area (Å²) in [7, 11) is 0. The van der Waals surface area contributed by atoms with Crippen molar-refractivity contribution in [3.63, 3.8) is 0 Å². The number of amides is 1. The SMILES string of the molecule is O=C1CN([C@@H]2c3ccccc3C3(CCN(c4cnccn4)CC3)[C@H]2O)CCCN1. The van der Waals surface area contributed by atoms with Crippen LogP contribution in [0.2, 0.25) is 0 Å². The number of nitrogens with one attached hydrogen (secondary N) is 1. The average molecular weight is 393 g/mol. The van der Waals surface area contributed by atoms with Gasteiger partial charge in [-0.25, -0.2) is 4.98 Å². The zero-order chi connectivity index (χ0) is 19.8. The molecule has 2 fully saturated rings. The molecule has 152 valence electrons. The highest BCUT2D eigenvalue weighted by Gasteiger charge is 2.54. The van der Waals surface area contributed by atoms with Gasteiger partial charge in [0.25, 0.3) is 0 Å². The van der Waals surface area contributed by atoms with E-state index in [1.165, 1.54) is 11.1 Å². The van der Waals surface area contributed by atoms with Gasteiger partial charge in [0.2, 0.25) is 5.91 Å². The predicted octanol–water partition coefficient (Wildman–Crippen LogP) is 1.25. The number of anilines is 1. The maximum Gasteiger partial charge on any atom is 0.234 e. The lowest BCUT2D eigenvalue weighted by molar-refractivity contribution is -0.122. The van der Waals surface area contributed by atoms with E-state index in [-0.39, 0.29) is 17.4 Å². The van der Waals surface area contributed by atoms with Gasteiger partial charge in [0.05, 0.1) is 24.9 Å². The van der Waals surface area contributed by atoms with Crippen LogP contribution in [0.3, 0.4) is 0 Å². The fourth-order valence-electron chi connectivity index (χ4n) is 5.46. The third-order valence-corrected chi connectivity index (χ3v) is 6.89. The normalized spacial score (nSPS) is 26.8. The quantitative estimate of drug-likeness (QED) is 0.799. The number of fused-ring (bicyclic) bond motifs is 2. The lowest BCUT2D eigenvalue weighted by Crippen LogP contribution is -2.50. The van der Waals surface area contributed by atoms with Crippen LogP contribution in [0.1, 0.15) is 36.4 Å². The third kappa shape index (κ3) is 3.09. The Labute approximate surface area is 170 Å². The van der Waals surface area contributed by atoms with Crippen molar-refractivity contribution in [2.75, 3.05) is 37.6 Å². The Kier molecular flexibility index (Phi) is 4.72. The molecule has 7 nitrogen and oxygen atoms in total. The molecule has 3 aliphatic rings. The smallest absolute Gasteiger partial charge is 0.234 e. The molecule has 5 rings (SSSR count). The molecule has 2 atom stereocenters. The topological polar surface area (TPSA) is 81.6 Å². The van der Waals surface area contributed by atoms with Crippen molar-refractivity contribution in [1.82, 2.24) is 20.2 Å². The second kappa shape index (κ2) is 7.39. The van der Waals surface area contributed by atoms with Crippen molar-refractivity contribution < 1.29 is 9.90 Å². The minimum absolute atomic E-state index is 0.0469. The van der Waals surface area contributed by atoms with Crippen molar-refractivity contribution in [2.45, 2.75) is 36.8 Å². The lowest BCUT2D eigenvalue weighted by atomic mass is 9.72. The van der Waals surface area contributed by atoms with Crippen LogP contribution < -0.4 is 10.2 Å². The van der Waals surface area contributed by atoms with Crippen molar-refractivity contribution >= 4 is 11.7 Å². The van der Waals surface area contributed by atoms with Crippen LogP contribution in [0.15, 0.2) is 42.9 Å². The number of hydrogen-bond acceptors (Lipinski definition) is 6. The Balaban J connectivity index is 1.45. The molecule has 0 saturated carbocycles. The van der Waals surface area contributed by atoms with Gasteiger partial charge in [-0.15, -0.1) is 0 Å². The standard InChI is InChI=1S/C22H27N5O2/c28-19-15-27(11-3-8-25-19)20-16-4-1-2-5-17(16)22(21(20)29)6-12-26(13-7-22)18-14-23-9-10-24-18/h1-2,4-5,9-10,14,20-21,29H,3,6-8,11-13,15H2,(H,25,28)/t20-,21+/m1/s1. The van der Waals surface area contributed by atoms with Crippen LogP contribution in [-0.2, 0) is 10.2 Å². The first-order valence-electron chi connectivity index (χ1n) is 10.5. The molecule has 1 aromatic heterocycles. The van der Waals surface area contributed by atoms with E-state index in [0.29, 0.717) is 13.1 Å². The first kappa shape index (κ1) is 18.5. The number of rotatable bonds is 2. The lowest BCUT2D eigenvalue weighted by Gasteiger charge is -2.44. The summed E-state index contributed by atoms with van der Waals surface area (Å²) in [6.45, 7) is 3.53. The van der Waals surface area contributed by atoms with E-state index in [0.717, 1.165) is 44.7 Å². The summed E-state index contributed by atoms with van der Waals surface area (Å²) in [5, 5.41) is 14.6. The van der Waals surface area contributed by atoms with Gasteiger partial charge in [-0.2, -0.15) is 0 Å². The Morgan fingerprint density at radius 3 is 2.76 bits per heavy atom. The maximum atomic E-state index is 12.2. The molecular formula is C22H27N5O2. The van der Waals surface area contributed by atoms with E-state index >= 15 is 0 Å². The van der Waals surface area contributed by atoms with Crippen molar-refractivity contribution in [3.05, 3.63) is 54.0 Å². The highest BCUT2D eigenvalue weighted by Crippen LogP contribution is 2.53. The largest absolute Gasteiger partial charge is 0.390 e. The van der Waals surface area contributed by atoms with Crippen LogP contribution in [0.4, 0.5) is 5.82 Å². The van der Waals surface area contributed by atoms with Gasteiger partial charge in [-0.3, -0.25) is 14.7 Å². The van der Waals surface area contributed by atoms with Crippen LogP contribution >= 0.6 is 0 Å². The molecule has 2 saturated heterocycles. The molecule has 3 heterocycles. The number of piperidine rings is 1. The fraction of sp³-hybridized carbons (Fsp3) is 0.500. The number of carbonyl (C=O) groups is 1. The molecule has 1 aromatic carbocycles. The number of aliphatic hydroxyl groups is 1. The van der Waals surface area contributed by atoms with Gasteiger partial charge in [-0.1, -0.05) is 24.3 Å². The van der Waals surface area contributed by atoms with E-state index in [4.69, 9.17) is 0 Å². The monoisotopic (exact) mass is 393 g/mol. The minimum Gasteiger partial charge on any atom is -0.390 e. The number of aromatic nitrogens is 2. The first-order valence-corrected chi connectivity index (χ1v) is 10.5. The zero-order valence-electron chi connectivity index (χ0n) is 16.5. The van der Waals surface area contributed by atoms with Gasteiger partial charge < -0.3 is 15.3 Å². The van der Waals surface area contributed by atoms with Gasteiger partial charge in [0.15, 0.2) is 0 Å². The number of hydrogen-bond donors (Lipinski definition) is 2. The fourth-order valence-corrected chi connectivity index (χ4v) is 5.46. The Morgan fingerprint density at radius 1 is 1.14 bits per heavy atom. The van der Waals surface area contributed by atoms with E-state index in [9.17, 15) is 9.90 Å². The molecular weight excluding hydrogens is 366 g/mol. The van der Waals surface area contributed by atoms with Gasteiger partial charge in [0, 0.05) is 44.0 Å². The summed E-state index contributed by atoms with van der Waals surface area (Å²) in [5.74, 6) is 0.939. The molecule has 0 radical (unpaired) electrons. The molecule has 0 bridgehead atoms. The third-order valence-electron chi connectivity index (χ3n) is 6.89. The molecule has 1 spiro atoms. The summed E-state index contributed by atoms with van der Waals surface area (Å²) in [4.78, 5) is 25.2. The summed E-state index contributed by atoms with van der Waals surface area (Å²) in [6, 6.07) is 8.30. The molecule has 1 aliphatic carbocycles. The van der Waals surface area contributed by atoms with Gasteiger partial charge in [-0.05, 0) is 30.4 Å².